The van der Waals surface area contributed by atoms with Crippen LogP contribution in [0.1, 0.15) is 42.6 Å². The van der Waals surface area contributed by atoms with Gasteiger partial charge < -0.3 is 5.32 Å². The number of hydrogen-bond acceptors (Lipinski definition) is 3. The van der Waals surface area contributed by atoms with Crippen LogP contribution in [0.4, 0.5) is 5.69 Å². The fraction of sp³-hybridized carbons (Fsp3) is 0.533. The third-order valence-corrected chi connectivity index (χ3v) is 4.99. The van der Waals surface area contributed by atoms with E-state index in [9.17, 15) is 13.2 Å². The van der Waals surface area contributed by atoms with Crippen molar-refractivity contribution in [3.8, 4) is 0 Å². The number of carbonyl (C=O) groups excluding carboxylic acids is 1. The molecule has 1 amide bonds. The first-order valence-electron chi connectivity index (χ1n) is 7.24. The number of aryl methyl sites for hydroxylation is 1. The Balaban J connectivity index is 2.29. The van der Waals surface area contributed by atoms with Crippen molar-refractivity contribution in [3.63, 3.8) is 0 Å². The predicted octanol–water partition coefficient (Wildman–Crippen LogP) is 1.93. The molecule has 21 heavy (non-hydrogen) atoms. The zero-order valence-electron chi connectivity index (χ0n) is 12.7. The van der Waals surface area contributed by atoms with Crippen molar-refractivity contribution in [1.82, 2.24) is 5.32 Å². The third-order valence-electron chi connectivity index (χ3n) is 3.81. The summed E-state index contributed by atoms with van der Waals surface area (Å²) >= 11 is 0. The predicted molar refractivity (Wildman–Crippen MR) is 84.2 cm³/mol. The number of rotatable bonds is 4. The lowest BCUT2D eigenvalue weighted by Crippen LogP contribution is -2.35. The lowest BCUT2D eigenvalue weighted by atomic mass is 10.0. The molecule has 1 N–H and O–H groups in total. The van der Waals surface area contributed by atoms with Gasteiger partial charge in [0.25, 0.3) is 5.91 Å². The maximum atomic E-state index is 12.1. The van der Waals surface area contributed by atoms with E-state index in [0.717, 1.165) is 24.8 Å². The Bertz CT molecular complexity index is 640. The van der Waals surface area contributed by atoms with E-state index in [1.54, 1.807) is 12.1 Å². The van der Waals surface area contributed by atoms with Crippen LogP contribution >= 0.6 is 0 Å². The third kappa shape index (κ3) is 3.56. The molecule has 6 heteroatoms. The summed E-state index contributed by atoms with van der Waals surface area (Å²) in [5.74, 6) is -0.108. The first-order chi connectivity index (χ1) is 9.82. The number of sulfonamides is 1. The summed E-state index contributed by atoms with van der Waals surface area (Å²) in [7, 11) is -3.26. The molecule has 0 aromatic heterocycles. The number of hydrogen-bond donors (Lipinski definition) is 1. The van der Waals surface area contributed by atoms with Crippen LogP contribution in [0.5, 0.6) is 0 Å². The monoisotopic (exact) mass is 310 g/mol. The molecule has 0 saturated carbocycles. The Hall–Kier alpha value is -1.56. The fourth-order valence-corrected chi connectivity index (χ4v) is 3.45. The highest BCUT2D eigenvalue weighted by atomic mass is 32.2. The van der Waals surface area contributed by atoms with Gasteiger partial charge in [-0.3, -0.25) is 9.10 Å². The number of amides is 1. The van der Waals surface area contributed by atoms with E-state index in [1.807, 2.05) is 19.9 Å². The Labute approximate surface area is 126 Å². The molecule has 0 spiro atoms. The lowest BCUT2D eigenvalue weighted by Gasteiger charge is -2.29. The number of anilines is 1. The Kier molecular flexibility index (Phi) is 4.56. The molecule has 0 fully saturated rings. The van der Waals surface area contributed by atoms with Gasteiger partial charge in [-0.25, -0.2) is 8.42 Å². The fourth-order valence-electron chi connectivity index (χ4n) is 2.46. The molecule has 1 atom stereocenters. The minimum atomic E-state index is -3.26. The van der Waals surface area contributed by atoms with E-state index in [-0.39, 0.29) is 11.9 Å². The SMILES string of the molecule is CC[C@H](C)NC(=O)c1ccc2c(c1)CCCN2S(C)(=O)=O. The minimum absolute atomic E-state index is 0.108. The zero-order chi connectivity index (χ0) is 15.6. The van der Waals surface area contributed by atoms with Gasteiger partial charge in [-0.2, -0.15) is 0 Å². The van der Waals surface area contributed by atoms with Crippen LogP contribution in [0.2, 0.25) is 0 Å². The van der Waals surface area contributed by atoms with Crippen molar-refractivity contribution in [2.24, 2.45) is 0 Å². The van der Waals surface area contributed by atoms with Crippen LogP contribution in [0.25, 0.3) is 0 Å². The molecule has 2 rings (SSSR count). The van der Waals surface area contributed by atoms with E-state index < -0.39 is 10.0 Å². The Morgan fingerprint density at radius 3 is 2.76 bits per heavy atom. The van der Waals surface area contributed by atoms with Crippen molar-refractivity contribution in [2.75, 3.05) is 17.1 Å². The first-order valence-corrected chi connectivity index (χ1v) is 9.09. The molecule has 1 aliphatic rings. The molecule has 1 aromatic carbocycles. The molecular formula is C15H22N2O3S. The molecule has 0 saturated heterocycles. The number of carbonyl (C=O) groups is 1. The van der Waals surface area contributed by atoms with Gasteiger partial charge in [0.05, 0.1) is 11.9 Å². The lowest BCUT2D eigenvalue weighted by molar-refractivity contribution is 0.0939. The van der Waals surface area contributed by atoms with Gasteiger partial charge in [0, 0.05) is 18.2 Å². The second-order valence-corrected chi connectivity index (χ2v) is 7.47. The van der Waals surface area contributed by atoms with Crippen LogP contribution in [-0.2, 0) is 16.4 Å². The van der Waals surface area contributed by atoms with E-state index in [4.69, 9.17) is 0 Å². The molecule has 5 nitrogen and oxygen atoms in total. The van der Waals surface area contributed by atoms with Crippen LogP contribution in [-0.4, -0.2) is 33.2 Å². The second-order valence-electron chi connectivity index (χ2n) is 5.56. The van der Waals surface area contributed by atoms with Gasteiger partial charge in [-0.05, 0) is 49.9 Å². The smallest absolute Gasteiger partial charge is 0.251 e. The van der Waals surface area contributed by atoms with E-state index in [1.165, 1.54) is 10.6 Å². The molecule has 1 aromatic rings. The molecule has 1 heterocycles. The summed E-state index contributed by atoms with van der Waals surface area (Å²) in [6.07, 6.45) is 3.66. The Morgan fingerprint density at radius 1 is 1.43 bits per heavy atom. The van der Waals surface area contributed by atoms with E-state index in [2.05, 4.69) is 5.32 Å². The minimum Gasteiger partial charge on any atom is -0.350 e. The van der Waals surface area contributed by atoms with Crippen molar-refractivity contribution in [3.05, 3.63) is 29.3 Å². The molecule has 0 radical (unpaired) electrons. The topological polar surface area (TPSA) is 66.5 Å². The van der Waals surface area contributed by atoms with Gasteiger partial charge in [0.2, 0.25) is 10.0 Å². The van der Waals surface area contributed by atoms with Crippen molar-refractivity contribution in [2.45, 2.75) is 39.2 Å². The largest absolute Gasteiger partial charge is 0.350 e. The first kappa shape index (κ1) is 15.8. The highest BCUT2D eigenvalue weighted by Crippen LogP contribution is 2.29. The number of benzene rings is 1. The zero-order valence-corrected chi connectivity index (χ0v) is 13.5. The van der Waals surface area contributed by atoms with Crippen molar-refractivity contribution >= 4 is 21.6 Å². The number of nitrogens with zero attached hydrogens (tertiary/aromatic N) is 1. The Morgan fingerprint density at radius 2 is 2.14 bits per heavy atom. The maximum Gasteiger partial charge on any atom is 0.251 e. The van der Waals surface area contributed by atoms with Crippen LogP contribution in [0.3, 0.4) is 0 Å². The van der Waals surface area contributed by atoms with Crippen LogP contribution < -0.4 is 9.62 Å². The highest BCUT2D eigenvalue weighted by Gasteiger charge is 2.24. The molecular weight excluding hydrogens is 288 g/mol. The van der Waals surface area contributed by atoms with Gasteiger partial charge in [-0.1, -0.05) is 6.92 Å². The molecule has 0 bridgehead atoms. The van der Waals surface area contributed by atoms with E-state index in [0.29, 0.717) is 17.8 Å². The molecule has 116 valence electrons. The normalized spacial score (nSPS) is 16.2. The summed E-state index contributed by atoms with van der Waals surface area (Å²) in [6, 6.07) is 5.37. The van der Waals surface area contributed by atoms with E-state index >= 15 is 0 Å². The van der Waals surface area contributed by atoms with Gasteiger partial charge in [0.1, 0.15) is 0 Å². The van der Waals surface area contributed by atoms with Crippen molar-refractivity contribution < 1.29 is 13.2 Å². The summed E-state index contributed by atoms with van der Waals surface area (Å²) in [4.78, 5) is 12.1. The quantitative estimate of drug-likeness (QED) is 0.924. The van der Waals surface area contributed by atoms with Gasteiger partial charge >= 0.3 is 0 Å². The average Bonchev–Trinajstić information content (AvgIpc) is 2.44. The summed E-state index contributed by atoms with van der Waals surface area (Å²) in [5.41, 5.74) is 2.21. The van der Waals surface area contributed by atoms with Gasteiger partial charge in [0.15, 0.2) is 0 Å². The van der Waals surface area contributed by atoms with Crippen molar-refractivity contribution in [1.29, 1.82) is 0 Å². The summed E-state index contributed by atoms with van der Waals surface area (Å²) in [5, 5.41) is 2.92. The average molecular weight is 310 g/mol. The second kappa shape index (κ2) is 6.05. The summed E-state index contributed by atoms with van der Waals surface area (Å²) < 4.78 is 25.0. The van der Waals surface area contributed by atoms with Gasteiger partial charge in [-0.15, -0.1) is 0 Å². The summed E-state index contributed by atoms with van der Waals surface area (Å²) in [6.45, 7) is 4.48. The highest BCUT2D eigenvalue weighted by molar-refractivity contribution is 7.92. The maximum absolute atomic E-state index is 12.1. The van der Waals surface area contributed by atoms with Crippen LogP contribution in [0, 0.1) is 0 Å². The molecule has 0 aliphatic carbocycles. The standard InChI is InChI=1S/C15H22N2O3S/c1-4-11(2)16-15(18)13-7-8-14-12(10-13)6-5-9-17(14)21(3,19)20/h7-8,10-11H,4-6,9H2,1-3H3,(H,16,18)/t11-/m0/s1. The number of nitrogens with one attached hydrogen (secondary N) is 1. The molecule has 1 aliphatic heterocycles. The van der Waals surface area contributed by atoms with Crippen LogP contribution in [0.15, 0.2) is 18.2 Å². The number of fused-ring (bicyclic) bond motifs is 1. The molecule has 0 unspecified atom stereocenters.